The topological polar surface area (TPSA) is 132 Å². The lowest BCUT2D eigenvalue weighted by Crippen LogP contribution is -2.44. The van der Waals surface area contributed by atoms with Gasteiger partial charge in [-0.3, -0.25) is 9.59 Å². The molecule has 0 saturated heterocycles. The Morgan fingerprint density at radius 2 is 1.68 bits per heavy atom. The predicted molar refractivity (Wildman–Crippen MR) is 94.6 cm³/mol. The van der Waals surface area contributed by atoms with Gasteiger partial charge in [0, 0.05) is 4.47 Å². The number of carbonyl (C=O) groups is 2. The molecule has 0 saturated carbocycles. The van der Waals surface area contributed by atoms with Crippen LogP contribution in [-0.2, 0) is 14.6 Å². The number of benzene rings is 1. The highest BCUT2D eigenvalue weighted by Crippen LogP contribution is 2.27. The van der Waals surface area contributed by atoms with Crippen molar-refractivity contribution in [3.63, 3.8) is 0 Å². The van der Waals surface area contributed by atoms with Gasteiger partial charge in [0.2, 0.25) is 5.91 Å². The van der Waals surface area contributed by atoms with E-state index in [0.29, 0.717) is 0 Å². The largest absolute Gasteiger partial charge is 0.364 e. The Bertz CT molecular complexity index is 910. The number of halogens is 1. The van der Waals surface area contributed by atoms with E-state index in [4.69, 9.17) is 5.73 Å². The fraction of sp³-hybridized carbons (Fsp3) is 0.200. The third-order valence-corrected chi connectivity index (χ3v) is 6.45. The molecule has 0 aliphatic carbocycles. The molecule has 1 aromatic carbocycles. The van der Waals surface area contributed by atoms with E-state index in [1.165, 1.54) is 38.1 Å². The minimum Gasteiger partial charge on any atom is -0.364 e. The van der Waals surface area contributed by atoms with Crippen molar-refractivity contribution in [1.82, 2.24) is 10.2 Å². The molecule has 0 unspecified atom stereocenters. The molecule has 1 aromatic heterocycles. The van der Waals surface area contributed by atoms with Crippen molar-refractivity contribution in [2.24, 2.45) is 5.73 Å². The number of hydrogen-bond acceptors (Lipinski definition) is 6. The zero-order valence-electron chi connectivity index (χ0n) is 13.4. The second kappa shape index (κ2) is 6.89. The Morgan fingerprint density at radius 3 is 2.16 bits per heavy atom. The van der Waals surface area contributed by atoms with E-state index in [2.05, 4.69) is 31.4 Å². The number of hydrogen-bond donors (Lipinski definition) is 2. The van der Waals surface area contributed by atoms with E-state index >= 15 is 0 Å². The molecule has 2 amide bonds. The average Bonchev–Trinajstić information content (AvgIpc) is 2.55. The second-order valence-corrected chi connectivity index (χ2v) is 9.00. The van der Waals surface area contributed by atoms with Crippen molar-refractivity contribution in [3.05, 3.63) is 46.6 Å². The maximum Gasteiger partial charge on any atom is 0.269 e. The van der Waals surface area contributed by atoms with Crippen LogP contribution in [0.1, 0.15) is 24.3 Å². The van der Waals surface area contributed by atoms with E-state index in [1.54, 1.807) is 12.1 Å². The minimum absolute atomic E-state index is 0.00841. The summed E-state index contributed by atoms with van der Waals surface area (Å²) in [6, 6.07) is 8.57. The molecule has 1 heterocycles. The van der Waals surface area contributed by atoms with Crippen molar-refractivity contribution in [1.29, 1.82) is 0 Å². The van der Waals surface area contributed by atoms with Crippen LogP contribution in [-0.4, -0.2) is 35.2 Å². The van der Waals surface area contributed by atoms with E-state index in [1.807, 2.05) is 0 Å². The lowest BCUT2D eigenvalue weighted by molar-refractivity contribution is -0.117. The first-order valence-corrected chi connectivity index (χ1v) is 9.28. The molecule has 0 spiro atoms. The number of nitrogens with one attached hydrogen (secondary N) is 1. The second-order valence-electron chi connectivity index (χ2n) is 5.59. The predicted octanol–water partition coefficient (Wildman–Crippen LogP) is 1.53. The fourth-order valence-corrected chi connectivity index (χ4v) is 3.47. The van der Waals surface area contributed by atoms with Crippen molar-refractivity contribution < 1.29 is 18.0 Å². The van der Waals surface area contributed by atoms with E-state index in [-0.39, 0.29) is 16.4 Å². The molecule has 0 fully saturated rings. The van der Waals surface area contributed by atoms with Crippen LogP contribution in [0, 0.1) is 0 Å². The van der Waals surface area contributed by atoms with Crippen LogP contribution in [0.25, 0.3) is 0 Å². The number of aromatic nitrogens is 2. The van der Waals surface area contributed by atoms with Crippen molar-refractivity contribution in [2.75, 3.05) is 5.32 Å². The maximum atomic E-state index is 12.8. The molecule has 10 heteroatoms. The molecule has 132 valence electrons. The van der Waals surface area contributed by atoms with Gasteiger partial charge in [-0.2, -0.15) is 0 Å². The van der Waals surface area contributed by atoms with Gasteiger partial charge in [0.15, 0.2) is 21.3 Å². The Hall–Kier alpha value is -2.33. The van der Waals surface area contributed by atoms with Crippen LogP contribution in [0.15, 0.2) is 45.8 Å². The normalized spacial score (nSPS) is 11.8. The van der Waals surface area contributed by atoms with Crippen molar-refractivity contribution in [3.8, 4) is 0 Å². The molecule has 3 N–H and O–H groups in total. The van der Waals surface area contributed by atoms with Gasteiger partial charge in [0.1, 0.15) is 4.75 Å². The molecular formula is C15H15BrN4O4S. The van der Waals surface area contributed by atoms with Crippen LogP contribution in [0.5, 0.6) is 0 Å². The number of rotatable bonds is 5. The first kappa shape index (κ1) is 19.0. The highest BCUT2D eigenvalue weighted by molar-refractivity contribution is 9.10. The molecule has 0 aliphatic rings. The Balaban J connectivity index is 2.26. The first-order chi connectivity index (χ1) is 11.6. The van der Waals surface area contributed by atoms with Crippen LogP contribution < -0.4 is 11.1 Å². The Kier molecular flexibility index (Phi) is 5.23. The highest BCUT2D eigenvalue weighted by Gasteiger charge is 2.43. The average molecular weight is 427 g/mol. The van der Waals surface area contributed by atoms with Gasteiger partial charge in [0.05, 0.1) is 4.90 Å². The third-order valence-electron chi connectivity index (χ3n) is 3.50. The molecule has 0 bridgehead atoms. The molecule has 8 nitrogen and oxygen atoms in total. The van der Waals surface area contributed by atoms with Gasteiger partial charge < -0.3 is 11.1 Å². The molecule has 0 radical (unpaired) electrons. The van der Waals surface area contributed by atoms with Gasteiger partial charge in [-0.15, -0.1) is 10.2 Å². The third kappa shape index (κ3) is 3.85. The summed E-state index contributed by atoms with van der Waals surface area (Å²) in [5.74, 6) is -1.53. The minimum atomic E-state index is -3.95. The van der Waals surface area contributed by atoms with Gasteiger partial charge in [-0.25, -0.2) is 8.42 Å². The lowest BCUT2D eigenvalue weighted by atomic mass is 10.2. The number of amides is 2. The summed E-state index contributed by atoms with van der Waals surface area (Å²) < 4.78 is 24.5. The van der Waals surface area contributed by atoms with E-state index < -0.39 is 26.4 Å². The summed E-state index contributed by atoms with van der Waals surface area (Å²) >= 11 is 3.23. The molecule has 2 rings (SSSR count). The quantitative estimate of drug-likeness (QED) is 0.744. The molecule has 0 atom stereocenters. The number of nitrogens with two attached hydrogens (primary N) is 1. The molecular weight excluding hydrogens is 412 g/mol. The smallest absolute Gasteiger partial charge is 0.269 e. The van der Waals surface area contributed by atoms with Gasteiger partial charge in [-0.1, -0.05) is 15.9 Å². The molecule has 0 aliphatic heterocycles. The number of carbonyl (C=O) groups excluding carboxylic acids is 2. The summed E-state index contributed by atoms with van der Waals surface area (Å²) in [5.41, 5.74) is 4.99. The number of anilines is 1. The molecule has 2 aromatic rings. The number of sulfone groups is 1. The highest BCUT2D eigenvalue weighted by atomic mass is 79.9. The zero-order valence-corrected chi connectivity index (χ0v) is 15.8. The van der Waals surface area contributed by atoms with Crippen LogP contribution in [0.4, 0.5) is 5.82 Å². The SMILES string of the molecule is CC(C)(C(=O)Nc1ccc(C(N)=O)nn1)S(=O)(=O)c1ccc(Br)cc1. The van der Waals surface area contributed by atoms with E-state index in [9.17, 15) is 18.0 Å². The number of nitrogens with zero attached hydrogens (tertiary/aromatic N) is 2. The first-order valence-electron chi connectivity index (χ1n) is 7.01. The monoisotopic (exact) mass is 426 g/mol. The van der Waals surface area contributed by atoms with E-state index in [0.717, 1.165) is 4.47 Å². The summed E-state index contributed by atoms with van der Waals surface area (Å²) in [4.78, 5) is 23.5. The van der Waals surface area contributed by atoms with Crippen LogP contribution in [0.3, 0.4) is 0 Å². The summed E-state index contributed by atoms with van der Waals surface area (Å²) in [6.45, 7) is 2.59. The van der Waals surface area contributed by atoms with Gasteiger partial charge >= 0.3 is 0 Å². The molecule has 25 heavy (non-hydrogen) atoms. The zero-order chi connectivity index (χ0) is 18.8. The standard InChI is InChI=1S/C15H15BrN4O4S/c1-15(2,25(23,24)10-5-3-9(16)4-6-10)14(22)18-12-8-7-11(13(17)21)19-20-12/h3-8H,1-2H3,(H2,17,21)(H,18,20,22). The summed E-state index contributed by atoms with van der Waals surface area (Å²) in [7, 11) is -3.95. The summed E-state index contributed by atoms with van der Waals surface area (Å²) in [6.07, 6.45) is 0. The Morgan fingerprint density at radius 1 is 1.08 bits per heavy atom. The number of primary amides is 1. The summed E-state index contributed by atoms with van der Waals surface area (Å²) in [5, 5.41) is 9.57. The maximum absolute atomic E-state index is 12.8. The van der Waals surface area contributed by atoms with Gasteiger partial charge in [-0.05, 0) is 50.2 Å². The fourth-order valence-electron chi connectivity index (χ4n) is 1.83. The van der Waals surface area contributed by atoms with Crippen molar-refractivity contribution in [2.45, 2.75) is 23.5 Å². The van der Waals surface area contributed by atoms with Gasteiger partial charge in [0.25, 0.3) is 5.91 Å². The van der Waals surface area contributed by atoms with Crippen LogP contribution in [0.2, 0.25) is 0 Å². The Labute approximate surface area is 152 Å². The lowest BCUT2D eigenvalue weighted by Gasteiger charge is -2.23. The van der Waals surface area contributed by atoms with Crippen molar-refractivity contribution >= 4 is 43.4 Å². The van der Waals surface area contributed by atoms with Crippen LogP contribution >= 0.6 is 15.9 Å².